The quantitative estimate of drug-likeness (QED) is 0.541. The van der Waals surface area contributed by atoms with Crippen molar-refractivity contribution in [2.24, 2.45) is 4.99 Å². The molecule has 0 aromatic carbocycles. The van der Waals surface area contributed by atoms with E-state index in [1.807, 2.05) is 5.32 Å². The molecule has 1 saturated heterocycles. The number of rotatable bonds is 2. The zero-order chi connectivity index (χ0) is 13.1. The molecular weight excluding hydrogens is 240 g/mol. The molecule has 2 fully saturated rings. The van der Waals surface area contributed by atoms with E-state index in [0.717, 1.165) is 32.1 Å². The number of aliphatic imine (C=N–C) groups is 1. The molecule has 0 radical (unpaired) electrons. The Morgan fingerprint density at radius 2 is 1.83 bits per heavy atom. The lowest BCUT2D eigenvalue weighted by Gasteiger charge is -2.22. The summed E-state index contributed by atoms with van der Waals surface area (Å²) in [6.07, 6.45) is 4.85. The molecule has 1 atom stereocenters. The van der Waals surface area contributed by atoms with E-state index in [1.165, 1.54) is 0 Å². The lowest BCUT2D eigenvalue weighted by molar-refractivity contribution is -0.489. The molecule has 0 aromatic rings. The molecular formula is C10H14N4O4. The van der Waals surface area contributed by atoms with Crippen LogP contribution >= 0.6 is 0 Å². The molecule has 18 heavy (non-hydrogen) atoms. The first-order chi connectivity index (χ1) is 8.58. The predicted molar refractivity (Wildman–Crippen MR) is 61.8 cm³/mol. The largest absolute Gasteiger partial charge is 0.346 e. The standard InChI is InChI=1S/C10H14N4O4/c15-9-7(14(17)18)8(12-10(16)13-9)11-6-4-2-1-3-5-6/h6-7H,1-5H2,(H2,11,12,13,15,16). The normalized spacial score (nSPS) is 27.8. The average Bonchev–Trinajstić information content (AvgIpc) is 2.28. The second kappa shape index (κ2) is 5.11. The van der Waals surface area contributed by atoms with Gasteiger partial charge < -0.3 is 0 Å². The van der Waals surface area contributed by atoms with E-state index in [4.69, 9.17) is 0 Å². The van der Waals surface area contributed by atoms with Crippen molar-refractivity contribution >= 4 is 17.8 Å². The Kier molecular flexibility index (Phi) is 3.54. The maximum Gasteiger partial charge on any atom is 0.346 e. The van der Waals surface area contributed by atoms with Gasteiger partial charge in [0.15, 0.2) is 5.84 Å². The fourth-order valence-electron chi connectivity index (χ4n) is 2.23. The first-order valence-electron chi connectivity index (χ1n) is 5.91. The fourth-order valence-corrected chi connectivity index (χ4v) is 2.23. The van der Waals surface area contributed by atoms with Crippen LogP contribution in [0.4, 0.5) is 4.79 Å². The number of carbonyl (C=O) groups excluding carboxylic acids is 2. The van der Waals surface area contributed by atoms with Crippen LogP contribution in [0, 0.1) is 10.1 Å². The minimum Gasteiger partial charge on any atom is -0.290 e. The number of nitrogens with zero attached hydrogens (tertiary/aromatic N) is 2. The van der Waals surface area contributed by atoms with Crippen molar-refractivity contribution in [3.8, 4) is 0 Å². The fraction of sp³-hybridized carbons (Fsp3) is 0.700. The van der Waals surface area contributed by atoms with E-state index < -0.39 is 22.9 Å². The van der Waals surface area contributed by atoms with Crippen LogP contribution in [-0.2, 0) is 4.79 Å². The van der Waals surface area contributed by atoms with E-state index in [9.17, 15) is 19.7 Å². The van der Waals surface area contributed by atoms with Crippen LogP contribution in [0.2, 0.25) is 0 Å². The molecule has 98 valence electrons. The molecule has 1 unspecified atom stereocenters. The molecule has 2 N–H and O–H groups in total. The molecule has 0 spiro atoms. The Bertz CT molecular complexity index is 414. The zero-order valence-electron chi connectivity index (χ0n) is 9.72. The highest BCUT2D eigenvalue weighted by Gasteiger charge is 2.42. The van der Waals surface area contributed by atoms with Crippen LogP contribution in [-0.4, -0.2) is 34.8 Å². The van der Waals surface area contributed by atoms with Crippen molar-refractivity contribution in [2.45, 2.75) is 44.2 Å². The summed E-state index contributed by atoms with van der Waals surface area (Å²) < 4.78 is 0. The molecule has 1 heterocycles. The van der Waals surface area contributed by atoms with E-state index in [0.29, 0.717) is 0 Å². The summed E-state index contributed by atoms with van der Waals surface area (Å²) in [7, 11) is 0. The van der Waals surface area contributed by atoms with E-state index in [2.05, 4.69) is 10.3 Å². The second-order valence-corrected chi connectivity index (χ2v) is 4.44. The van der Waals surface area contributed by atoms with Crippen molar-refractivity contribution in [3.63, 3.8) is 0 Å². The third-order valence-corrected chi connectivity index (χ3v) is 3.09. The summed E-state index contributed by atoms with van der Waals surface area (Å²) in [4.78, 5) is 36.8. The summed E-state index contributed by atoms with van der Waals surface area (Å²) in [5.74, 6) is -1.07. The Balaban J connectivity index is 2.20. The number of urea groups is 1. The van der Waals surface area contributed by atoms with Crippen molar-refractivity contribution < 1.29 is 14.5 Å². The van der Waals surface area contributed by atoms with Crippen molar-refractivity contribution in [1.82, 2.24) is 10.6 Å². The Morgan fingerprint density at radius 1 is 1.17 bits per heavy atom. The van der Waals surface area contributed by atoms with E-state index in [1.54, 1.807) is 0 Å². The summed E-state index contributed by atoms with van der Waals surface area (Å²) >= 11 is 0. The molecule has 8 heteroatoms. The summed E-state index contributed by atoms with van der Waals surface area (Å²) in [5, 5.41) is 15.0. The van der Waals surface area contributed by atoms with Gasteiger partial charge in [-0.15, -0.1) is 0 Å². The van der Waals surface area contributed by atoms with Gasteiger partial charge in [-0.25, -0.2) is 4.79 Å². The van der Waals surface area contributed by atoms with Gasteiger partial charge in [-0.05, 0) is 12.8 Å². The molecule has 1 aliphatic heterocycles. The minimum atomic E-state index is -1.61. The molecule has 0 bridgehead atoms. The van der Waals surface area contributed by atoms with Gasteiger partial charge in [0, 0.05) is 4.92 Å². The smallest absolute Gasteiger partial charge is 0.290 e. The van der Waals surface area contributed by atoms with Crippen molar-refractivity contribution in [3.05, 3.63) is 10.1 Å². The molecule has 1 saturated carbocycles. The average molecular weight is 254 g/mol. The molecule has 2 aliphatic rings. The Morgan fingerprint density at radius 3 is 2.44 bits per heavy atom. The van der Waals surface area contributed by atoms with E-state index >= 15 is 0 Å². The number of amides is 3. The first-order valence-corrected chi connectivity index (χ1v) is 5.91. The van der Waals surface area contributed by atoms with Crippen LogP contribution in [0.3, 0.4) is 0 Å². The lowest BCUT2D eigenvalue weighted by atomic mass is 9.96. The van der Waals surface area contributed by atoms with Gasteiger partial charge in [0.1, 0.15) is 0 Å². The Labute approximate surface area is 103 Å². The zero-order valence-corrected chi connectivity index (χ0v) is 9.72. The first kappa shape index (κ1) is 12.5. The van der Waals surface area contributed by atoms with Gasteiger partial charge in [0.25, 0.3) is 0 Å². The van der Waals surface area contributed by atoms with Gasteiger partial charge in [0.2, 0.25) is 0 Å². The molecule has 8 nitrogen and oxygen atoms in total. The number of nitrogens with one attached hydrogen (secondary N) is 2. The van der Waals surface area contributed by atoms with Gasteiger partial charge in [-0.1, -0.05) is 19.3 Å². The third kappa shape index (κ3) is 2.63. The highest BCUT2D eigenvalue weighted by Crippen LogP contribution is 2.20. The number of imide groups is 1. The lowest BCUT2D eigenvalue weighted by Crippen LogP contribution is -2.61. The van der Waals surface area contributed by atoms with Crippen LogP contribution < -0.4 is 10.6 Å². The molecule has 0 aromatic heterocycles. The maximum atomic E-state index is 11.4. The van der Waals surface area contributed by atoms with Gasteiger partial charge in [-0.2, -0.15) is 0 Å². The van der Waals surface area contributed by atoms with Crippen molar-refractivity contribution in [2.75, 3.05) is 0 Å². The second-order valence-electron chi connectivity index (χ2n) is 4.44. The van der Waals surface area contributed by atoms with Crippen LogP contribution in [0.1, 0.15) is 32.1 Å². The van der Waals surface area contributed by atoms with Crippen LogP contribution in [0.15, 0.2) is 4.99 Å². The minimum absolute atomic E-state index is 0.0394. The van der Waals surface area contributed by atoms with Crippen molar-refractivity contribution in [1.29, 1.82) is 0 Å². The summed E-state index contributed by atoms with van der Waals surface area (Å²) in [5.41, 5.74) is 0. The molecule has 1 aliphatic carbocycles. The summed E-state index contributed by atoms with van der Waals surface area (Å²) in [6.45, 7) is 0. The number of nitro groups is 1. The molecule has 2 rings (SSSR count). The van der Waals surface area contributed by atoms with Gasteiger partial charge in [0.05, 0.1) is 6.04 Å². The van der Waals surface area contributed by atoms with Crippen LogP contribution in [0.25, 0.3) is 0 Å². The monoisotopic (exact) mass is 254 g/mol. The topological polar surface area (TPSA) is 114 Å². The number of amidine groups is 1. The Hall–Kier alpha value is -1.99. The van der Waals surface area contributed by atoms with Crippen LogP contribution in [0.5, 0.6) is 0 Å². The summed E-state index contributed by atoms with van der Waals surface area (Å²) in [6, 6.07) is -2.40. The van der Waals surface area contributed by atoms with E-state index in [-0.39, 0.29) is 11.9 Å². The number of carbonyl (C=O) groups is 2. The van der Waals surface area contributed by atoms with Gasteiger partial charge in [-0.3, -0.25) is 30.5 Å². The highest BCUT2D eigenvalue weighted by molar-refractivity contribution is 6.19. The highest BCUT2D eigenvalue weighted by atomic mass is 16.6. The van der Waals surface area contributed by atoms with Gasteiger partial charge >= 0.3 is 18.0 Å². The predicted octanol–water partition coefficient (Wildman–Crippen LogP) is 0.202. The SMILES string of the molecule is O=C1NC(=O)C([N+](=O)[O-])C(=NC2CCCCC2)N1. The number of hydrogen-bond donors (Lipinski definition) is 2. The maximum absolute atomic E-state index is 11.4. The third-order valence-electron chi connectivity index (χ3n) is 3.09. The molecule has 3 amide bonds. The number of hydrogen-bond acceptors (Lipinski definition) is 5.